The number of phenols is 1. The first kappa shape index (κ1) is 44.4. The van der Waals surface area contributed by atoms with E-state index in [-0.39, 0.29) is 48.3 Å². The number of ether oxygens (including phenoxy) is 2. The first-order valence-electron chi connectivity index (χ1n) is 20.8. The van der Waals surface area contributed by atoms with Crippen molar-refractivity contribution in [3.8, 4) is 22.6 Å². The lowest BCUT2D eigenvalue weighted by Crippen LogP contribution is -2.47. The lowest BCUT2D eigenvalue weighted by atomic mass is 9.91. The van der Waals surface area contributed by atoms with Crippen LogP contribution in [0.4, 0.5) is 0 Å². The molecule has 0 aliphatic carbocycles. The largest absolute Gasteiger partial charge is 0.508 e. The van der Waals surface area contributed by atoms with Crippen LogP contribution in [-0.4, -0.2) is 62.6 Å². The number of aromatic hydroxyl groups is 1. The highest BCUT2D eigenvalue weighted by atomic mass is 32.2. The molecule has 0 saturated carbocycles. The van der Waals surface area contributed by atoms with Gasteiger partial charge in [0, 0.05) is 23.8 Å². The second-order valence-electron chi connectivity index (χ2n) is 15.7. The van der Waals surface area contributed by atoms with Crippen LogP contribution in [0.15, 0.2) is 162 Å². The molecule has 13 nitrogen and oxygen atoms in total. The summed E-state index contributed by atoms with van der Waals surface area (Å²) >= 11 is 1.47. The van der Waals surface area contributed by atoms with E-state index in [1.54, 1.807) is 41.1 Å². The second kappa shape index (κ2) is 20.1. The standard InChI is InChI=1S/C49H48N6O7S2/c1-32-11-25-43(26-12-32)64(59,60)52-44(28-34-7-4-3-5-8-34)47(58)50-29-36-9-6-10-40(27-36)37-17-19-39(20-18-37)48-61-45(33(2)46(62-48)38-15-13-35(30-56)14-16-38)31-63-49-51-53-54-55(49)41-21-23-42(57)24-22-41/h3-27,33,44-46,48,52,56-57H,28-31H2,1-2H3,(H,50,58). The van der Waals surface area contributed by atoms with Gasteiger partial charge in [0.1, 0.15) is 11.8 Å². The number of carbonyl (C=O) groups excluding carboxylic acids is 1. The Morgan fingerprint density at radius 1 is 0.797 bits per heavy atom. The van der Waals surface area contributed by atoms with E-state index >= 15 is 0 Å². The fourth-order valence-electron chi connectivity index (χ4n) is 7.51. The summed E-state index contributed by atoms with van der Waals surface area (Å²) in [5.41, 5.74) is 7.80. The maximum Gasteiger partial charge on any atom is 0.241 e. The van der Waals surface area contributed by atoms with Gasteiger partial charge < -0.3 is 25.0 Å². The van der Waals surface area contributed by atoms with E-state index in [1.165, 1.54) is 23.9 Å². The molecule has 7 aromatic rings. The Hall–Kier alpha value is -6.20. The molecule has 0 radical (unpaired) electrons. The molecule has 1 amide bonds. The van der Waals surface area contributed by atoms with Crippen molar-refractivity contribution >= 4 is 27.7 Å². The second-order valence-corrected chi connectivity index (χ2v) is 18.4. The summed E-state index contributed by atoms with van der Waals surface area (Å²) < 4.78 is 44.5. The molecule has 1 aliphatic heterocycles. The van der Waals surface area contributed by atoms with E-state index in [4.69, 9.17) is 9.47 Å². The normalized spacial score (nSPS) is 18.0. The monoisotopic (exact) mass is 896 g/mol. The van der Waals surface area contributed by atoms with Crippen molar-refractivity contribution in [3.63, 3.8) is 0 Å². The Morgan fingerprint density at radius 3 is 2.22 bits per heavy atom. The van der Waals surface area contributed by atoms with Gasteiger partial charge in [0.25, 0.3) is 0 Å². The molecule has 0 spiro atoms. The van der Waals surface area contributed by atoms with Gasteiger partial charge in [0.05, 0.1) is 29.4 Å². The van der Waals surface area contributed by atoms with Gasteiger partial charge in [-0.25, -0.2) is 8.42 Å². The number of sulfonamides is 1. The highest BCUT2D eigenvalue weighted by molar-refractivity contribution is 7.99. The summed E-state index contributed by atoms with van der Waals surface area (Å²) in [6.45, 7) is 4.11. The van der Waals surface area contributed by atoms with Crippen LogP contribution in [-0.2, 0) is 43.9 Å². The number of amides is 1. The summed E-state index contributed by atoms with van der Waals surface area (Å²) in [5, 5.41) is 35.3. The van der Waals surface area contributed by atoms with Crippen LogP contribution in [0, 0.1) is 12.8 Å². The number of aliphatic hydroxyl groups excluding tert-OH is 1. The molecular weight excluding hydrogens is 849 g/mol. The minimum absolute atomic E-state index is 0.0554. The van der Waals surface area contributed by atoms with Crippen LogP contribution >= 0.6 is 11.8 Å². The number of aliphatic hydroxyl groups is 1. The highest BCUT2D eigenvalue weighted by Gasteiger charge is 2.39. The lowest BCUT2D eigenvalue weighted by molar-refractivity contribution is -0.268. The van der Waals surface area contributed by atoms with Gasteiger partial charge in [0.15, 0.2) is 6.29 Å². The molecule has 1 aromatic heterocycles. The van der Waals surface area contributed by atoms with E-state index < -0.39 is 28.3 Å². The number of thioether (sulfide) groups is 1. The van der Waals surface area contributed by atoms with E-state index in [2.05, 4.69) is 32.5 Å². The minimum Gasteiger partial charge on any atom is -0.508 e. The fraction of sp³-hybridized carbons (Fsp3) is 0.224. The molecule has 1 fully saturated rings. The molecule has 64 heavy (non-hydrogen) atoms. The summed E-state index contributed by atoms with van der Waals surface area (Å²) in [6.07, 6.45) is -1.11. The number of hydrogen-bond donors (Lipinski definition) is 4. The third-order valence-corrected chi connectivity index (χ3v) is 13.7. The van der Waals surface area contributed by atoms with Crippen LogP contribution in [0.25, 0.3) is 16.8 Å². The molecule has 4 N–H and O–H groups in total. The zero-order valence-corrected chi connectivity index (χ0v) is 36.8. The van der Waals surface area contributed by atoms with Gasteiger partial charge in [-0.3, -0.25) is 4.79 Å². The van der Waals surface area contributed by atoms with E-state index in [1.807, 2.05) is 110 Å². The molecule has 5 atom stereocenters. The molecular formula is C49H48N6O7S2. The summed E-state index contributed by atoms with van der Waals surface area (Å²) in [4.78, 5) is 13.8. The fourth-order valence-corrected chi connectivity index (χ4v) is 9.76. The molecule has 15 heteroatoms. The smallest absolute Gasteiger partial charge is 0.241 e. The van der Waals surface area contributed by atoms with Crippen LogP contribution in [0.5, 0.6) is 5.75 Å². The Morgan fingerprint density at radius 2 is 1.50 bits per heavy atom. The predicted octanol–water partition coefficient (Wildman–Crippen LogP) is 7.63. The van der Waals surface area contributed by atoms with Crippen LogP contribution < -0.4 is 10.0 Å². The number of carbonyl (C=O) groups is 1. The Bertz CT molecular complexity index is 2760. The van der Waals surface area contributed by atoms with Crippen molar-refractivity contribution in [2.45, 2.75) is 68.0 Å². The van der Waals surface area contributed by atoms with Crippen molar-refractivity contribution in [1.29, 1.82) is 0 Å². The van der Waals surface area contributed by atoms with Crippen molar-refractivity contribution in [2.75, 3.05) is 5.75 Å². The average Bonchev–Trinajstić information content (AvgIpc) is 3.80. The van der Waals surface area contributed by atoms with Gasteiger partial charge in [0.2, 0.25) is 21.1 Å². The van der Waals surface area contributed by atoms with Gasteiger partial charge in [-0.15, -0.1) is 5.10 Å². The van der Waals surface area contributed by atoms with Gasteiger partial charge in [-0.05, 0) is 99.6 Å². The van der Waals surface area contributed by atoms with E-state index in [0.29, 0.717) is 16.6 Å². The van der Waals surface area contributed by atoms with Crippen molar-refractivity contribution in [2.24, 2.45) is 5.92 Å². The molecule has 2 heterocycles. The number of aromatic nitrogens is 4. The molecule has 5 unspecified atom stereocenters. The van der Waals surface area contributed by atoms with Crippen molar-refractivity contribution < 1.29 is 32.9 Å². The molecule has 1 aliphatic rings. The molecule has 0 bridgehead atoms. The maximum absolute atomic E-state index is 13.7. The molecule has 6 aromatic carbocycles. The number of benzene rings is 6. The van der Waals surface area contributed by atoms with E-state index in [9.17, 15) is 23.4 Å². The predicted molar refractivity (Wildman–Crippen MR) is 244 cm³/mol. The lowest BCUT2D eigenvalue weighted by Gasteiger charge is -2.41. The molecule has 1 saturated heterocycles. The summed E-state index contributed by atoms with van der Waals surface area (Å²) in [5.74, 6) is 0.172. The number of tetrazole rings is 1. The number of rotatable bonds is 16. The summed E-state index contributed by atoms with van der Waals surface area (Å²) in [7, 11) is -3.98. The zero-order valence-electron chi connectivity index (χ0n) is 35.2. The van der Waals surface area contributed by atoms with Gasteiger partial charge in [-0.1, -0.05) is 133 Å². The Balaban J connectivity index is 0.966. The number of nitrogens with zero attached hydrogens (tertiary/aromatic N) is 4. The summed E-state index contributed by atoms with van der Waals surface area (Å²) in [6, 6.07) is 45.0. The quantitative estimate of drug-likeness (QED) is 0.0702. The third kappa shape index (κ3) is 10.8. The number of nitrogens with one attached hydrogen (secondary N) is 2. The van der Waals surface area contributed by atoms with Gasteiger partial charge >= 0.3 is 0 Å². The SMILES string of the molecule is Cc1ccc(S(=O)(=O)NC(Cc2ccccc2)C(=O)NCc2cccc(-c3ccc(C4OC(CSc5nnnn5-c5ccc(O)cc5)C(C)C(c5ccc(CO)cc5)O4)cc3)c2)cc1. The van der Waals surface area contributed by atoms with Crippen LogP contribution in [0.1, 0.15) is 52.7 Å². The third-order valence-electron chi connectivity index (χ3n) is 11.2. The Labute approximate surface area is 376 Å². The van der Waals surface area contributed by atoms with Gasteiger partial charge in [-0.2, -0.15) is 9.40 Å². The minimum atomic E-state index is -3.98. The highest BCUT2D eigenvalue weighted by Crippen LogP contribution is 2.43. The zero-order chi connectivity index (χ0) is 44.6. The first-order chi connectivity index (χ1) is 31.0. The number of aryl methyl sites for hydroxylation is 1. The first-order valence-corrected chi connectivity index (χ1v) is 23.3. The van der Waals surface area contributed by atoms with E-state index in [0.717, 1.165) is 44.5 Å². The van der Waals surface area contributed by atoms with Crippen molar-refractivity contribution in [3.05, 3.63) is 185 Å². The molecule has 328 valence electrons. The van der Waals surface area contributed by atoms with Crippen LogP contribution in [0.3, 0.4) is 0 Å². The number of hydrogen-bond acceptors (Lipinski definition) is 11. The molecule has 8 rings (SSSR count). The van der Waals surface area contributed by atoms with Crippen molar-refractivity contribution in [1.82, 2.24) is 30.2 Å². The topological polar surface area (TPSA) is 178 Å². The maximum atomic E-state index is 13.7. The van der Waals surface area contributed by atoms with Crippen LogP contribution in [0.2, 0.25) is 0 Å². The average molecular weight is 897 g/mol. The number of phenolic OH excluding ortho intramolecular Hbond substituents is 1. The Kier molecular flexibility index (Phi) is 13.9.